The van der Waals surface area contributed by atoms with Gasteiger partial charge in [0, 0.05) is 25.0 Å². The first-order chi connectivity index (χ1) is 17.0. The van der Waals surface area contributed by atoms with Gasteiger partial charge in [-0.1, -0.05) is 0 Å². The van der Waals surface area contributed by atoms with Gasteiger partial charge in [0.2, 0.25) is 5.88 Å². The minimum atomic E-state index is -4.65. The third-order valence-corrected chi connectivity index (χ3v) is 5.66. The van der Waals surface area contributed by atoms with Gasteiger partial charge in [-0.05, 0) is 56.8 Å². The average molecular weight is 503 g/mol. The second-order valence-electron chi connectivity index (χ2n) is 8.12. The number of pyridine rings is 2. The van der Waals surface area contributed by atoms with Crippen LogP contribution in [0.2, 0.25) is 0 Å². The number of aromatic nitrogens is 5. The SMILES string of the molecule is CCn1c(CO)nn(-c2cc(OC(C)C(F)(F)F)c3c(Oc4c(C)ccnc4C)nccc3c2)c1=O. The summed E-state index contributed by atoms with van der Waals surface area (Å²) < 4.78 is 54.0. The molecule has 3 aromatic heterocycles. The molecule has 0 aliphatic rings. The number of alkyl halides is 3. The zero-order valence-electron chi connectivity index (χ0n) is 20.0. The van der Waals surface area contributed by atoms with Crippen LogP contribution in [-0.2, 0) is 13.2 Å². The first kappa shape index (κ1) is 25.2. The Kier molecular flexibility index (Phi) is 6.72. The van der Waals surface area contributed by atoms with Crippen LogP contribution >= 0.6 is 0 Å². The second kappa shape index (κ2) is 9.61. The van der Waals surface area contributed by atoms with Gasteiger partial charge in [0.1, 0.15) is 12.4 Å². The maximum absolute atomic E-state index is 13.4. The lowest BCUT2D eigenvalue weighted by Gasteiger charge is -2.20. The van der Waals surface area contributed by atoms with Crippen LogP contribution < -0.4 is 15.2 Å². The summed E-state index contributed by atoms with van der Waals surface area (Å²) in [6.07, 6.45) is -3.75. The number of benzene rings is 1. The van der Waals surface area contributed by atoms with Gasteiger partial charge >= 0.3 is 11.9 Å². The molecule has 1 atom stereocenters. The van der Waals surface area contributed by atoms with E-state index in [2.05, 4.69) is 15.1 Å². The zero-order chi connectivity index (χ0) is 26.2. The molecule has 4 aromatic rings. The molecule has 1 aromatic carbocycles. The van der Waals surface area contributed by atoms with E-state index in [9.17, 15) is 23.1 Å². The Bertz CT molecular complexity index is 1460. The fourth-order valence-electron chi connectivity index (χ4n) is 3.75. The Balaban J connectivity index is 1.95. The summed E-state index contributed by atoms with van der Waals surface area (Å²) in [5, 5.41) is 14.3. The van der Waals surface area contributed by atoms with Gasteiger partial charge in [0.25, 0.3) is 0 Å². The Morgan fingerprint density at radius 3 is 2.47 bits per heavy atom. The summed E-state index contributed by atoms with van der Waals surface area (Å²) in [5.41, 5.74) is 0.939. The fourth-order valence-corrected chi connectivity index (χ4v) is 3.75. The highest BCUT2D eigenvalue weighted by Gasteiger charge is 2.38. The highest BCUT2D eigenvalue weighted by atomic mass is 19.4. The van der Waals surface area contributed by atoms with Crippen molar-refractivity contribution in [3.05, 3.63) is 64.2 Å². The van der Waals surface area contributed by atoms with E-state index in [0.29, 0.717) is 16.8 Å². The summed E-state index contributed by atoms with van der Waals surface area (Å²) in [6.45, 7) is 5.92. The molecule has 36 heavy (non-hydrogen) atoms. The van der Waals surface area contributed by atoms with Crippen molar-refractivity contribution in [1.82, 2.24) is 24.3 Å². The lowest BCUT2D eigenvalue weighted by Crippen LogP contribution is -2.31. The van der Waals surface area contributed by atoms with E-state index in [1.54, 1.807) is 38.2 Å². The van der Waals surface area contributed by atoms with E-state index >= 15 is 0 Å². The van der Waals surface area contributed by atoms with Gasteiger partial charge in [-0.2, -0.15) is 17.9 Å². The minimum Gasteiger partial charge on any atom is -0.480 e. The molecule has 3 heterocycles. The smallest absolute Gasteiger partial charge is 0.425 e. The largest absolute Gasteiger partial charge is 0.480 e. The maximum atomic E-state index is 13.4. The van der Waals surface area contributed by atoms with Crippen molar-refractivity contribution >= 4 is 10.8 Å². The van der Waals surface area contributed by atoms with Crippen LogP contribution in [0.25, 0.3) is 16.5 Å². The molecule has 0 fully saturated rings. The number of halogens is 3. The summed E-state index contributed by atoms with van der Waals surface area (Å²) in [7, 11) is 0. The van der Waals surface area contributed by atoms with E-state index in [0.717, 1.165) is 17.2 Å². The Labute approximate surface area is 203 Å². The normalized spacial score (nSPS) is 12.7. The molecule has 0 amide bonds. The Morgan fingerprint density at radius 1 is 1.14 bits per heavy atom. The van der Waals surface area contributed by atoms with Crippen LogP contribution in [0.5, 0.6) is 17.4 Å². The van der Waals surface area contributed by atoms with Gasteiger partial charge in [-0.3, -0.25) is 9.55 Å². The van der Waals surface area contributed by atoms with Crippen LogP contribution in [-0.4, -0.2) is 41.7 Å². The van der Waals surface area contributed by atoms with Gasteiger partial charge in [-0.25, -0.2) is 9.78 Å². The highest BCUT2D eigenvalue weighted by molar-refractivity contribution is 5.94. The average Bonchev–Trinajstić information content (AvgIpc) is 3.16. The number of hydrogen-bond donors (Lipinski definition) is 1. The molecule has 0 aliphatic heterocycles. The molecule has 12 heteroatoms. The van der Waals surface area contributed by atoms with Crippen molar-refractivity contribution in [3.63, 3.8) is 0 Å². The van der Waals surface area contributed by atoms with Crippen molar-refractivity contribution in [3.8, 4) is 23.1 Å². The molecular weight excluding hydrogens is 479 g/mol. The first-order valence-electron chi connectivity index (χ1n) is 11.1. The lowest BCUT2D eigenvalue weighted by atomic mass is 10.1. The number of aryl methyl sites for hydroxylation is 2. The van der Waals surface area contributed by atoms with Gasteiger partial charge in [-0.15, -0.1) is 5.10 Å². The molecule has 0 saturated heterocycles. The molecule has 4 rings (SSSR count). The highest BCUT2D eigenvalue weighted by Crippen LogP contribution is 2.39. The summed E-state index contributed by atoms with van der Waals surface area (Å²) in [5.74, 6) is 0.361. The summed E-state index contributed by atoms with van der Waals surface area (Å²) >= 11 is 0. The summed E-state index contributed by atoms with van der Waals surface area (Å²) in [4.78, 5) is 21.3. The minimum absolute atomic E-state index is 0.0186. The third kappa shape index (κ3) is 4.63. The van der Waals surface area contributed by atoms with Crippen molar-refractivity contribution in [1.29, 1.82) is 0 Å². The first-order valence-corrected chi connectivity index (χ1v) is 11.1. The fraction of sp³-hybridized carbons (Fsp3) is 0.333. The van der Waals surface area contributed by atoms with Crippen molar-refractivity contribution in [2.75, 3.05) is 0 Å². The molecule has 1 unspecified atom stereocenters. The Morgan fingerprint density at radius 2 is 1.86 bits per heavy atom. The predicted molar refractivity (Wildman–Crippen MR) is 125 cm³/mol. The quantitative estimate of drug-likeness (QED) is 0.403. The van der Waals surface area contributed by atoms with Gasteiger partial charge < -0.3 is 14.6 Å². The molecule has 1 N–H and O–H groups in total. The molecule has 0 radical (unpaired) electrons. The van der Waals surface area contributed by atoms with E-state index in [1.807, 2.05) is 6.92 Å². The van der Waals surface area contributed by atoms with Crippen molar-refractivity contribution < 1.29 is 27.8 Å². The number of fused-ring (bicyclic) bond motifs is 1. The van der Waals surface area contributed by atoms with Gasteiger partial charge in [0.15, 0.2) is 17.7 Å². The van der Waals surface area contributed by atoms with E-state index in [1.165, 1.54) is 16.8 Å². The van der Waals surface area contributed by atoms with E-state index in [-0.39, 0.29) is 35.1 Å². The lowest BCUT2D eigenvalue weighted by molar-refractivity contribution is -0.189. The maximum Gasteiger partial charge on any atom is 0.425 e. The van der Waals surface area contributed by atoms with Crippen LogP contribution in [0.15, 0.2) is 41.5 Å². The topological polar surface area (TPSA) is 104 Å². The monoisotopic (exact) mass is 503 g/mol. The van der Waals surface area contributed by atoms with E-state index < -0.39 is 24.6 Å². The number of rotatable bonds is 7. The van der Waals surface area contributed by atoms with Crippen molar-refractivity contribution in [2.45, 2.75) is 53.1 Å². The number of nitrogens with zero attached hydrogens (tertiary/aromatic N) is 5. The predicted octanol–water partition coefficient (Wildman–Crippen LogP) is 4.23. The third-order valence-electron chi connectivity index (χ3n) is 5.66. The molecule has 0 spiro atoms. The van der Waals surface area contributed by atoms with E-state index in [4.69, 9.17) is 9.47 Å². The zero-order valence-corrected chi connectivity index (χ0v) is 20.0. The summed E-state index contributed by atoms with van der Waals surface area (Å²) in [6, 6.07) is 6.14. The van der Waals surface area contributed by atoms with Crippen LogP contribution in [0.3, 0.4) is 0 Å². The molecular formula is C24H24F3N5O4. The van der Waals surface area contributed by atoms with Gasteiger partial charge in [0.05, 0.1) is 16.8 Å². The molecule has 0 aliphatic carbocycles. The second-order valence-corrected chi connectivity index (χ2v) is 8.12. The number of aliphatic hydroxyl groups excluding tert-OH is 1. The van der Waals surface area contributed by atoms with Crippen LogP contribution in [0, 0.1) is 13.8 Å². The molecule has 0 bridgehead atoms. The number of aliphatic hydroxyl groups is 1. The van der Waals surface area contributed by atoms with Crippen LogP contribution in [0.4, 0.5) is 13.2 Å². The number of ether oxygens (including phenoxy) is 2. The van der Waals surface area contributed by atoms with Crippen LogP contribution in [0.1, 0.15) is 30.9 Å². The molecule has 9 nitrogen and oxygen atoms in total. The van der Waals surface area contributed by atoms with Crippen molar-refractivity contribution in [2.24, 2.45) is 0 Å². The molecule has 190 valence electrons. The standard InChI is InChI=1S/C24H24F3N5O4/c1-5-31-19(12-33)30-32(23(31)34)17-10-16-7-9-29-22(36-21-13(2)6-8-28-14(21)3)20(16)18(11-17)35-15(4)24(25,26)27/h6-11,15,33H,5,12H2,1-4H3. The Hall–Kier alpha value is -3.93. The molecule has 0 saturated carbocycles. The number of hydrogen-bond acceptors (Lipinski definition) is 7.